The van der Waals surface area contributed by atoms with Gasteiger partial charge in [0.25, 0.3) is 0 Å². The first-order chi connectivity index (χ1) is 11.4. The van der Waals surface area contributed by atoms with E-state index in [1.165, 1.54) is 11.1 Å². The lowest BCUT2D eigenvalue weighted by Gasteiger charge is -2.11. The molecule has 0 fully saturated rings. The highest BCUT2D eigenvalue weighted by Gasteiger charge is 2.12. The Morgan fingerprint density at radius 1 is 1.17 bits per heavy atom. The maximum atomic E-state index is 6.01. The van der Waals surface area contributed by atoms with E-state index < -0.39 is 0 Å². The number of H-pyrrole nitrogens is 1. The van der Waals surface area contributed by atoms with Gasteiger partial charge >= 0.3 is 0 Å². The number of imidazole rings is 1. The van der Waals surface area contributed by atoms with Crippen molar-refractivity contribution in [3.05, 3.63) is 66.1 Å². The summed E-state index contributed by atoms with van der Waals surface area (Å²) < 4.78 is 11.5. The molecule has 1 aliphatic rings. The number of benzene rings is 2. The lowest BCUT2D eigenvalue weighted by Crippen LogP contribution is -2.02. The van der Waals surface area contributed by atoms with Crippen molar-refractivity contribution >= 4 is 0 Å². The molecule has 4 heteroatoms. The van der Waals surface area contributed by atoms with E-state index in [-0.39, 0.29) is 0 Å². The minimum atomic E-state index is 0.644. The van der Waals surface area contributed by atoms with Gasteiger partial charge < -0.3 is 14.5 Å². The predicted molar refractivity (Wildman–Crippen MR) is 88.9 cm³/mol. The molecule has 0 aliphatic carbocycles. The summed E-state index contributed by atoms with van der Waals surface area (Å²) in [5.74, 6) is 1.90. The molecule has 0 atom stereocenters. The molecule has 1 aliphatic heterocycles. The highest BCUT2D eigenvalue weighted by molar-refractivity contribution is 5.66. The van der Waals surface area contributed by atoms with Crippen molar-refractivity contribution in [1.82, 2.24) is 9.97 Å². The second-order valence-corrected chi connectivity index (χ2v) is 5.60. The van der Waals surface area contributed by atoms with Crippen LogP contribution in [0.1, 0.15) is 11.1 Å². The van der Waals surface area contributed by atoms with Crippen LogP contribution in [0, 0.1) is 0 Å². The SMILES string of the molecule is c1ccc(-c2cnc[nH]2)c(OCCc2ccc3c(c2)CCO3)c1. The van der Waals surface area contributed by atoms with Gasteiger partial charge in [0.15, 0.2) is 0 Å². The van der Waals surface area contributed by atoms with E-state index in [1.807, 2.05) is 30.5 Å². The predicted octanol–water partition coefficient (Wildman–Crippen LogP) is 3.63. The molecule has 0 spiro atoms. The minimum Gasteiger partial charge on any atom is -0.493 e. The number of rotatable bonds is 5. The average molecular weight is 306 g/mol. The fourth-order valence-corrected chi connectivity index (χ4v) is 2.89. The summed E-state index contributed by atoms with van der Waals surface area (Å²) in [5.41, 5.74) is 4.59. The molecule has 3 aromatic rings. The van der Waals surface area contributed by atoms with Crippen LogP contribution in [0.4, 0.5) is 0 Å². The summed E-state index contributed by atoms with van der Waals surface area (Å²) in [6, 6.07) is 14.4. The van der Waals surface area contributed by atoms with E-state index in [9.17, 15) is 0 Å². The largest absolute Gasteiger partial charge is 0.493 e. The minimum absolute atomic E-state index is 0.644. The van der Waals surface area contributed by atoms with Gasteiger partial charge in [-0.2, -0.15) is 0 Å². The zero-order chi connectivity index (χ0) is 15.5. The molecule has 0 bridgehead atoms. The molecule has 0 saturated heterocycles. The van der Waals surface area contributed by atoms with Crippen molar-refractivity contribution in [2.75, 3.05) is 13.2 Å². The fourth-order valence-electron chi connectivity index (χ4n) is 2.89. The van der Waals surface area contributed by atoms with E-state index in [2.05, 4.69) is 28.2 Å². The maximum Gasteiger partial charge on any atom is 0.128 e. The molecule has 4 nitrogen and oxygen atoms in total. The van der Waals surface area contributed by atoms with Gasteiger partial charge in [-0.1, -0.05) is 24.3 Å². The van der Waals surface area contributed by atoms with Crippen LogP contribution in [-0.4, -0.2) is 23.2 Å². The van der Waals surface area contributed by atoms with Gasteiger partial charge in [0, 0.05) is 18.4 Å². The Morgan fingerprint density at radius 3 is 3.04 bits per heavy atom. The molecule has 2 heterocycles. The quantitative estimate of drug-likeness (QED) is 0.783. The number of para-hydroxylation sites is 1. The van der Waals surface area contributed by atoms with E-state index in [4.69, 9.17) is 9.47 Å². The van der Waals surface area contributed by atoms with Crippen molar-refractivity contribution in [3.8, 4) is 22.8 Å². The highest BCUT2D eigenvalue weighted by Crippen LogP contribution is 2.29. The molecular weight excluding hydrogens is 288 g/mol. The van der Waals surface area contributed by atoms with Gasteiger partial charge in [-0.3, -0.25) is 0 Å². The molecule has 116 valence electrons. The summed E-state index contributed by atoms with van der Waals surface area (Å²) in [6.45, 7) is 1.44. The lowest BCUT2D eigenvalue weighted by atomic mass is 10.1. The zero-order valence-electron chi connectivity index (χ0n) is 12.8. The molecule has 0 amide bonds. The second-order valence-electron chi connectivity index (χ2n) is 5.60. The van der Waals surface area contributed by atoms with Gasteiger partial charge in [-0.05, 0) is 29.3 Å². The van der Waals surface area contributed by atoms with Crippen molar-refractivity contribution in [1.29, 1.82) is 0 Å². The smallest absolute Gasteiger partial charge is 0.128 e. The van der Waals surface area contributed by atoms with E-state index in [0.29, 0.717) is 6.61 Å². The van der Waals surface area contributed by atoms with Crippen LogP contribution in [0.25, 0.3) is 11.3 Å². The van der Waals surface area contributed by atoms with Crippen molar-refractivity contribution < 1.29 is 9.47 Å². The topological polar surface area (TPSA) is 47.1 Å². The molecule has 4 rings (SSSR count). The molecule has 0 radical (unpaired) electrons. The van der Waals surface area contributed by atoms with Crippen molar-refractivity contribution in [3.63, 3.8) is 0 Å². The number of fused-ring (bicyclic) bond motifs is 1. The standard InChI is InChI=1S/C19H18N2O2/c1-2-4-19(16(3-1)17-12-20-13-21-17)23-9-7-14-5-6-18-15(11-14)8-10-22-18/h1-6,11-13H,7-10H2,(H,20,21). The Kier molecular flexibility index (Phi) is 3.72. The number of ether oxygens (including phenoxy) is 2. The normalized spacial score (nSPS) is 12.7. The van der Waals surface area contributed by atoms with Crippen LogP contribution in [0.15, 0.2) is 55.0 Å². The van der Waals surface area contributed by atoms with Crippen LogP contribution in [0.2, 0.25) is 0 Å². The third-order valence-electron chi connectivity index (χ3n) is 4.08. The van der Waals surface area contributed by atoms with Crippen LogP contribution < -0.4 is 9.47 Å². The van der Waals surface area contributed by atoms with Gasteiger partial charge in [0.1, 0.15) is 11.5 Å². The number of hydrogen-bond donors (Lipinski definition) is 1. The van der Waals surface area contributed by atoms with Crippen molar-refractivity contribution in [2.24, 2.45) is 0 Å². The molecule has 2 aromatic carbocycles. The monoisotopic (exact) mass is 306 g/mol. The number of nitrogens with zero attached hydrogens (tertiary/aromatic N) is 1. The number of aromatic nitrogens is 2. The second kappa shape index (κ2) is 6.16. The van der Waals surface area contributed by atoms with Crippen LogP contribution in [-0.2, 0) is 12.8 Å². The van der Waals surface area contributed by atoms with Crippen LogP contribution >= 0.6 is 0 Å². The van der Waals surface area contributed by atoms with Gasteiger partial charge in [0.2, 0.25) is 0 Å². The third kappa shape index (κ3) is 2.93. The summed E-state index contributed by atoms with van der Waals surface area (Å²) in [6.07, 6.45) is 5.37. The van der Waals surface area contributed by atoms with Gasteiger partial charge in [-0.25, -0.2) is 4.98 Å². The Bertz CT molecular complexity index is 797. The Morgan fingerprint density at radius 2 is 2.13 bits per heavy atom. The van der Waals surface area contributed by atoms with E-state index in [1.54, 1.807) is 6.33 Å². The molecule has 1 aromatic heterocycles. The van der Waals surface area contributed by atoms with Crippen molar-refractivity contribution in [2.45, 2.75) is 12.8 Å². The number of nitrogens with one attached hydrogen (secondary N) is 1. The fraction of sp³-hybridized carbons (Fsp3) is 0.211. The summed E-state index contributed by atoms with van der Waals surface area (Å²) in [4.78, 5) is 7.20. The molecule has 0 unspecified atom stereocenters. The summed E-state index contributed by atoms with van der Waals surface area (Å²) in [5, 5.41) is 0. The maximum absolute atomic E-state index is 6.01. The third-order valence-corrected chi connectivity index (χ3v) is 4.08. The van der Waals surface area contributed by atoms with Crippen LogP contribution in [0.5, 0.6) is 11.5 Å². The molecule has 1 N–H and O–H groups in total. The summed E-state index contributed by atoms with van der Waals surface area (Å²) in [7, 11) is 0. The number of hydrogen-bond acceptors (Lipinski definition) is 3. The zero-order valence-corrected chi connectivity index (χ0v) is 12.8. The molecular formula is C19H18N2O2. The Hall–Kier alpha value is -2.75. The van der Waals surface area contributed by atoms with Crippen LogP contribution in [0.3, 0.4) is 0 Å². The Balaban J connectivity index is 1.44. The number of aromatic amines is 1. The first-order valence-corrected chi connectivity index (χ1v) is 7.85. The van der Waals surface area contributed by atoms with E-state index in [0.717, 1.165) is 42.2 Å². The molecule has 0 saturated carbocycles. The Labute approximate surface area is 135 Å². The van der Waals surface area contributed by atoms with Gasteiger partial charge in [0.05, 0.1) is 31.4 Å². The highest BCUT2D eigenvalue weighted by atomic mass is 16.5. The first kappa shape index (κ1) is 13.9. The first-order valence-electron chi connectivity index (χ1n) is 7.85. The lowest BCUT2D eigenvalue weighted by molar-refractivity contribution is 0.323. The summed E-state index contributed by atoms with van der Waals surface area (Å²) >= 11 is 0. The van der Waals surface area contributed by atoms with Gasteiger partial charge in [-0.15, -0.1) is 0 Å². The molecule has 23 heavy (non-hydrogen) atoms. The van der Waals surface area contributed by atoms with E-state index >= 15 is 0 Å². The average Bonchev–Trinajstić information content (AvgIpc) is 3.26.